The monoisotopic (exact) mass is 289 g/mol. The van der Waals surface area contributed by atoms with Crippen LogP contribution in [0.5, 0.6) is 5.75 Å². The van der Waals surface area contributed by atoms with E-state index in [9.17, 15) is 4.79 Å². The lowest BCUT2D eigenvalue weighted by Gasteiger charge is -2.12. The van der Waals surface area contributed by atoms with Gasteiger partial charge in [-0.3, -0.25) is 4.79 Å². The smallest absolute Gasteiger partial charge is 0.220 e. The number of rotatable bonds is 7. The number of nitrogens with one attached hydrogen (secondary N) is 1. The largest absolute Gasteiger partial charge is 0.497 e. The summed E-state index contributed by atoms with van der Waals surface area (Å²) in [5.74, 6) is 1.12. The minimum atomic E-state index is 0.0793. The molecule has 0 unspecified atom stereocenters. The third-order valence-electron chi connectivity index (χ3n) is 3.78. The fourth-order valence-electron chi connectivity index (χ4n) is 2.54. The number of hydrogen-bond donors (Lipinski definition) is 2. The Balaban J connectivity index is 1.66. The first kappa shape index (κ1) is 15.6. The molecule has 2 N–H and O–H groups in total. The van der Waals surface area contributed by atoms with Gasteiger partial charge in [-0.1, -0.05) is 24.3 Å². The van der Waals surface area contributed by atoms with Crippen molar-refractivity contribution in [2.45, 2.75) is 31.7 Å². The second-order valence-corrected chi connectivity index (χ2v) is 5.44. The molecule has 2 atom stereocenters. The molecule has 1 aliphatic rings. The quantitative estimate of drug-likeness (QED) is 0.756. The molecule has 114 valence electrons. The van der Waals surface area contributed by atoms with Crippen LogP contribution in [0.4, 0.5) is 0 Å². The molecule has 4 nitrogen and oxygen atoms in total. The molecule has 4 heteroatoms. The van der Waals surface area contributed by atoms with Crippen LogP contribution < -0.4 is 10.1 Å². The third-order valence-corrected chi connectivity index (χ3v) is 3.78. The highest BCUT2D eigenvalue weighted by Gasteiger charge is 2.19. The lowest BCUT2D eigenvalue weighted by Crippen LogP contribution is -2.32. The SMILES string of the molecule is COc1ccc(CCCC(=O)N[C@@H]2C=C[C@H](CO)C2)cc1. The minimum absolute atomic E-state index is 0.0793. The molecular formula is C17H23NO3. The Bertz CT molecular complexity index is 481. The van der Waals surface area contributed by atoms with E-state index >= 15 is 0 Å². The van der Waals surface area contributed by atoms with Gasteiger partial charge in [-0.15, -0.1) is 0 Å². The zero-order valence-corrected chi connectivity index (χ0v) is 12.4. The predicted octanol–water partition coefficient (Wildman–Crippen LogP) is 2.07. The number of benzene rings is 1. The fraction of sp³-hybridized carbons (Fsp3) is 0.471. The lowest BCUT2D eigenvalue weighted by molar-refractivity contribution is -0.121. The molecule has 21 heavy (non-hydrogen) atoms. The van der Waals surface area contributed by atoms with Gasteiger partial charge in [0.05, 0.1) is 7.11 Å². The molecule has 0 spiro atoms. The Hall–Kier alpha value is -1.81. The second kappa shape index (κ2) is 7.84. The van der Waals surface area contributed by atoms with E-state index in [0.717, 1.165) is 25.0 Å². The summed E-state index contributed by atoms with van der Waals surface area (Å²) in [5.41, 5.74) is 1.21. The van der Waals surface area contributed by atoms with Crippen molar-refractivity contribution < 1.29 is 14.6 Å². The van der Waals surface area contributed by atoms with Crippen molar-refractivity contribution >= 4 is 5.91 Å². The van der Waals surface area contributed by atoms with Gasteiger partial charge in [0.15, 0.2) is 0 Å². The van der Waals surface area contributed by atoms with Crippen molar-refractivity contribution in [1.82, 2.24) is 5.32 Å². The van der Waals surface area contributed by atoms with Crippen molar-refractivity contribution in [2.75, 3.05) is 13.7 Å². The van der Waals surface area contributed by atoms with Gasteiger partial charge < -0.3 is 15.2 Å². The number of aryl methyl sites for hydroxylation is 1. The molecule has 0 radical (unpaired) electrons. The van der Waals surface area contributed by atoms with Crippen molar-refractivity contribution in [3.63, 3.8) is 0 Å². The first-order chi connectivity index (χ1) is 10.2. The molecule has 0 saturated carbocycles. The molecule has 1 amide bonds. The number of hydrogen-bond acceptors (Lipinski definition) is 3. The average Bonchev–Trinajstić information content (AvgIpc) is 2.95. The molecule has 0 aromatic heterocycles. The van der Waals surface area contributed by atoms with Gasteiger partial charge in [0.2, 0.25) is 5.91 Å². The van der Waals surface area contributed by atoms with Crippen LogP contribution in [0, 0.1) is 5.92 Å². The zero-order chi connectivity index (χ0) is 15.1. The highest BCUT2D eigenvalue weighted by Crippen LogP contribution is 2.17. The molecule has 0 bridgehead atoms. The van der Waals surface area contributed by atoms with Crippen LogP contribution in [0.15, 0.2) is 36.4 Å². The Morgan fingerprint density at radius 3 is 2.71 bits per heavy atom. The molecule has 1 aromatic carbocycles. The van der Waals surface area contributed by atoms with Crippen LogP contribution >= 0.6 is 0 Å². The molecule has 1 aromatic rings. The number of amides is 1. The highest BCUT2D eigenvalue weighted by molar-refractivity contribution is 5.76. The highest BCUT2D eigenvalue weighted by atomic mass is 16.5. The number of aliphatic hydroxyl groups excluding tert-OH is 1. The van der Waals surface area contributed by atoms with Crippen molar-refractivity contribution in [2.24, 2.45) is 5.92 Å². The fourth-order valence-corrected chi connectivity index (χ4v) is 2.54. The predicted molar refractivity (Wildman–Crippen MR) is 82.2 cm³/mol. The van der Waals surface area contributed by atoms with E-state index in [0.29, 0.717) is 6.42 Å². The average molecular weight is 289 g/mol. The zero-order valence-electron chi connectivity index (χ0n) is 12.4. The molecular weight excluding hydrogens is 266 g/mol. The second-order valence-electron chi connectivity index (χ2n) is 5.44. The van der Waals surface area contributed by atoms with Crippen molar-refractivity contribution in [1.29, 1.82) is 0 Å². The summed E-state index contributed by atoms with van der Waals surface area (Å²) in [5, 5.41) is 12.0. The van der Waals surface area contributed by atoms with Crippen LogP contribution in [-0.2, 0) is 11.2 Å². The Morgan fingerprint density at radius 1 is 1.33 bits per heavy atom. The molecule has 0 fully saturated rings. The molecule has 1 aliphatic carbocycles. The Morgan fingerprint density at radius 2 is 2.10 bits per heavy atom. The van der Waals surface area contributed by atoms with Crippen molar-refractivity contribution in [3.05, 3.63) is 42.0 Å². The van der Waals surface area contributed by atoms with Gasteiger partial charge in [-0.05, 0) is 37.0 Å². The molecule has 2 rings (SSSR count). The van der Waals surface area contributed by atoms with Crippen LogP contribution in [-0.4, -0.2) is 30.8 Å². The maximum Gasteiger partial charge on any atom is 0.220 e. The first-order valence-corrected chi connectivity index (χ1v) is 7.42. The number of carbonyl (C=O) groups is 1. The molecule has 0 aliphatic heterocycles. The number of ether oxygens (including phenoxy) is 1. The summed E-state index contributed by atoms with van der Waals surface area (Å²) < 4.78 is 5.12. The summed E-state index contributed by atoms with van der Waals surface area (Å²) in [4.78, 5) is 11.9. The van der Waals surface area contributed by atoms with Crippen molar-refractivity contribution in [3.8, 4) is 5.75 Å². The first-order valence-electron chi connectivity index (χ1n) is 7.42. The van der Waals surface area contributed by atoms with Gasteiger partial charge in [0.1, 0.15) is 5.75 Å². The van der Waals surface area contributed by atoms with Crippen LogP contribution in [0.25, 0.3) is 0 Å². The standard InChI is InChI=1S/C17H23NO3/c1-21-16-9-6-13(7-10-16)3-2-4-17(20)18-15-8-5-14(11-15)12-19/h5-10,14-15,19H,2-4,11-12H2,1H3,(H,18,20)/t14-,15+/m0/s1. The van der Waals surface area contributed by atoms with E-state index < -0.39 is 0 Å². The van der Waals surface area contributed by atoms with Gasteiger partial charge in [-0.25, -0.2) is 0 Å². The number of aliphatic hydroxyl groups is 1. The third kappa shape index (κ3) is 4.90. The van der Waals surface area contributed by atoms with E-state index in [-0.39, 0.29) is 24.5 Å². The van der Waals surface area contributed by atoms with Crippen LogP contribution in [0.3, 0.4) is 0 Å². The maximum absolute atomic E-state index is 11.9. The van der Waals surface area contributed by atoms with Gasteiger partial charge >= 0.3 is 0 Å². The van der Waals surface area contributed by atoms with Crippen LogP contribution in [0.1, 0.15) is 24.8 Å². The molecule has 0 saturated heterocycles. The maximum atomic E-state index is 11.9. The number of carbonyl (C=O) groups excluding carboxylic acids is 1. The van der Waals surface area contributed by atoms with E-state index in [1.165, 1.54) is 5.56 Å². The van der Waals surface area contributed by atoms with Gasteiger partial charge in [0, 0.05) is 25.0 Å². The topological polar surface area (TPSA) is 58.6 Å². The summed E-state index contributed by atoms with van der Waals surface area (Å²) in [6, 6.07) is 8.02. The summed E-state index contributed by atoms with van der Waals surface area (Å²) in [6.45, 7) is 0.153. The summed E-state index contributed by atoms with van der Waals surface area (Å²) in [7, 11) is 1.65. The molecule has 0 heterocycles. The normalized spacial score (nSPS) is 20.5. The number of methoxy groups -OCH3 is 1. The summed E-state index contributed by atoms with van der Waals surface area (Å²) >= 11 is 0. The summed E-state index contributed by atoms with van der Waals surface area (Å²) in [6.07, 6.45) is 7.00. The van der Waals surface area contributed by atoms with E-state index in [1.54, 1.807) is 7.11 Å². The Labute approximate surface area is 125 Å². The van der Waals surface area contributed by atoms with E-state index in [4.69, 9.17) is 9.84 Å². The minimum Gasteiger partial charge on any atom is -0.497 e. The van der Waals surface area contributed by atoms with Crippen LogP contribution in [0.2, 0.25) is 0 Å². The van der Waals surface area contributed by atoms with Gasteiger partial charge in [0.25, 0.3) is 0 Å². The lowest BCUT2D eigenvalue weighted by atomic mass is 10.1. The van der Waals surface area contributed by atoms with E-state index in [1.807, 2.05) is 36.4 Å². The Kier molecular flexibility index (Phi) is 5.81. The van der Waals surface area contributed by atoms with Gasteiger partial charge in [-0.2, -0.15) is 0 Å². The van der Waals surface area contributed by atoms with E-state index in [2.05, 4.69) is 5.32 Å².